The minimum absolute atomic E-state index is 0.294. The van der Waals surface area contributed by atoms with E-state index in [1.54, 1.807) is 25.1 Å². The summed E-state index contributed by atoms with van der Waals surface area (Å²) in [6.45, 7) is 3.89. The van der Waals surface area contributed by atoms with Gasteiger partial charge in [0.25, 0.3) is 5.91 Å². The Labute approximate surface area is 140 Å². The molecule has 0 unspecified atom stereocenters. The largest absolute Gasteiger partial charge is 0.479 e. The second-order valence-electron chi connectivity index (χ2n) is 5.67. The summed E-state index contributed by atoms with van der Waals surface area (Å²) in [6.07, 6.45) is 3.45. The zero-order valence-corrected chi connectivity index (χ0v) is 14.2. The highest BCUT2D eigenvalue weighted by Gasteiger charge is 2.17. The summed E-state index contributed by atoms with van der Waals surface area (Å²) in [6, 6.07) is 4.88. The van der Waals surface area contributed by atoms with Crippen LogP contribution in [-0.2, 0) is 4.79 Å². The third-order valence-electron chi connectivity index (χ3n) is 3.74. The van der Waals surface area contributed by atoms with Crippen LogP contribution in [0.4, 0.5) is 0 Å². The number of nitrogens with one attached hydrogen (secondary N) is 1. The molecule has 0 spiro atoms. The van der Waals surface area contributed by atoms with E-state index in [2.05, 4.69) is 17.5 Å². The summed E-state index contributed by atoms with van der Waals surface area (Å²) in [5.41, 5.74) is 3.62. The predicted octanol–water partition coefficient (Wildman–Crippen LogP) is 4.44. The Hall–Kier alpha value is -1.26. The molecule has 0 saturated heterocycles. The van der Waals surface area contributed by atoms with Crippen molar-refractivity contribution >= 4 is 34.8 Å². The van der Waals surface area contributed by atoms with Gasteiger partial charge in [-0.15, -0.1) is 0 Å². The molecule has 1 atom stereocenters. The van der Waals surface area contributed by atoms with Gasteiger partial charge in [-0.2, -0.15) is 5.10 Å². The van der Waals surface area contributed by atoms with Crippen molar-refractivity contribution in [3.8, 4) is 5.75 Å². The molecule has 4 nitrogen and oxygen atoms in total. The van der Waals surface area contributed by atoms with Crippen LogP contribution in [-0.4, -0.2) is 17.7 Å². The van der Waals surface area contributed by atoms with E-state index in [9.17, 15) is 4.79 Å². The van der Waals surface area contributed by atoms with Crippen LogP contribution in [0.5, 0.6) is 5.75 Å². The normalized spacial score (nSPS) is 19.5. The van der Waals surface area contributed by atoms with E-state index >= 15 is 0 Å². The van der Waals surface area contributed by atoms with Gasteiger partial charge in [-0.1, -0.05) is 30.1 Å². The molecule has 22 heavy (non-hydrogen) atoms. The van der Waals surface area contributed by atoms with Crippen molar-refractivity contribution in [3.63, 3.8) is 0 Å². The van der Waals surface area contributed by atoms with Crippen molar-refractivity contribution < 1.29 is 9.53 Å². The first-order valence-electron chi connectivity index (χ1n) is 7.42. The molecular weight excluding hydrogens is 323 g/mol. The third kappa shape index (κ3) is 4.89. The average Bonchev–Trinajstić information content (AvgIpc) is 2.49. The van der Waals surface area contributed by atoms with Crippen LogP contribution in [0.1, 0.15) is 39.5 Å². The van der Waals surface area contributed by atoms with Gasteiger partial charge < -0.3 is 4.74 Å². The number of carbonyl (C=O) groups is 1. The molecule has 1 aliphatic rings. The number of hydrazone groups is 1. The maximum atomic E-state index is 12.0. The number of benzene rings is 1. The molecule has 1 fully saturated rings. The fourth-order valence-electron chi connectivity index (χ4n) is 2.25. The van der Waals surface area contributed by atoms with Gasteiger partial charge in [0.1, 0.15) is 5.75 Å². The number of hydrogen-bond acceptors (Lipinski definition) is 3. The number of nitrogens with zero attached hydrogens (tertiary/aromatic N) is 1. The van der Waals surface area contributed by atoms with Crippen molar-refractivity contribution in [2.24, 2.45) is 11.0 Å². The fourth-order valence-corrected chi connectivity index (χ4v) is 2.70. The molecule has 1 amide bonds. The van der Waals surface area contributed by atoms with Crippen LogP contribution in [0.2, 0.25) is 10.0 Å². The van der Waals surface area contributed by atoms with Crippen molar-refractivity contribution in [2.45, 2.75) is 45.6 Å². The number of halogens is 2. The van der Waals surface area contributed by atoms with Crippen LogP contribution in [0.15, 0.2) is 23.3 Å². The Morgan fingerprint density at radius 2 is 2.05 bits per heavy atom. The lowest BCUT2D eigenvalue weighted by molar-refractivity contribution is -0.127. The molecule has 1 aliphatic carbocycles. The van der Waals surface area contributed by atoms with E-state index in [1.165, 1.54) is 0 Å². The number of rotatable bonds is 4. The van der Waals surface area contributed by atoms with E-state index in [-0.39, 0.29) is 5.91 Å². The number of carbonyl (C=O) groups excluding carboxylic acids is 1. The minimum atomic E-state index is -0.689. The van der Waals surface area contributed by atoms with E-state index < -0.39 is 6.10 Å². The van der Waals surface area contributed by atoms with Gasteiger partial charge in [-0.25, -0.2) is 5.43 Å². The molecule has 6 heteroatoms. The number of hydrogen-bond donors (Lipinski definition) is 1. The molecule has 0 bridgehead atoms. The van der Waals surface area contributed by atoms with Gasteiger partial charge in [-0.3, -0.25) is 4.79 Å². The molecule has 1 aromatic rings. The number of amides is 1. The maximum Gasteiger partial charge on any atom is 0.280 e. The van der Waals surface area contributed by atoms with Gasteiger partial charge in [-0.05, 0) is 56.7 Å². The van der Waals surface area contributed by atoms with Gasteiger partial charge in [0, 0.05) is 10.7 Å². The van der Waals surface area contributed by atoms with Crippen LogP contribution >= 0.6 is 23.2 Å². The first-order chi connectivity index (χ1) is 10.5. The van der Waals surface area contributed by atoms with E-state index in [0.29, 0.717) is 15.8 Å². The van der Waals surface area contributed by atoms with E-state index in [4.69, 9.17) is 27.9 Å². The Morgan fingerprint density at radius 3 is 2.68 bits per heavy atom. The highest BCUT2D eigenvalue weighted by molar-refractivity contribution is 6.35. The lowest BCUT2D eigenvalue weighted by Gasteiger charge is -2.19. The van der Waals surface area contributed by atoms with Crippen molar-refractivity contribution in [1.82, 2.24) is 5.43 Å². The Kier molecular flexibility index (Phi) is 6.09. The first kappa shape index (κ1) is 17.1. The molecule has 1 saturated carbocycles. The summed E-state index contributed by atoms with van der Waals surface area (Å²) < 4.78 is 5.55. The van der Waals surface area contributed by atoms with Crippen LogP contribution in [0.25, 0.3) is 0 Å². The van der Waals surface area contributed by atoms with Crippen LogP contribution < -0.4 is 10.2 Å². The summed E-state index contributed by atoms with van der Waals surface area (Å²) in [5, 5.41) is 5.10. The third-order valence-corrected chi connectivity index (χ3v) is 4.27. The lowest BCUT2D eigenvalue weighted by Crippen LogP contribution is -2.34. The topological polar surface area (TPSA) is 50.7 Å². The summed E-state index contributed by atoms with van der Waals surface area (Å²) in [5.74, 6) is 0.869. The fraction of sp³-hybridized carbons (Fsp3) is 0.500. The van der Waals surface area contributed by atoms with Gasteiger partial charge in [0.15, 0.2) is 6.10 Å². The molecule has 0 heterocycles. The predicted molar refractivity (Wildman–Crippen MR) is 89.8 cm³/mol. The Morgan fingerprint density at radius 1 is 1.36 bits per heavy atom. The smallest absolute Gasteiger partial charge is 0.280 e. The molecule has 1 aromatic carbocycles. The van der Waals surface area contributed by atoms with E-state index in [1.807, 2.05) is 0 Å². The Balaban J connectivity index is 1.88. The summed E-state index contributed by atoms with van der Waals surface area (Å²) in [7, 11) is 0. The van der Waals surface area contributed by atoms with Crippen molar-refractivity contribution in [1.29, 1.82) is 0 Å². The zero-order valence-electron chi connectivity index (χ0n) is 12.7. The maximum absolute atomic E-state index is 12.0. The molecule has 120 valence electrons. The molecular formula is C16H20Cl2N2O2. The van der Waals surface area contributed by atoms with Crippen LogP contribution in [0.3, 0.4) is 0 Å². The second-order valence-corrected chi connectivity index (χ2v) is 6.52. The van der Waals surface area contributed by atoms with Gasteiger partial charge >= 0.3 is 0 Å². The van der Waals surface area contributed by atoms with Gasteiger partial charge in [0.05, 0.1) is 5.02 Å². The standard InChI is InChI=1S/C16H20Cl2N2O2/c1-10-3-6-13(7-4-10)19-20-16(21)11(2)22-15-8-5-12(17)9-14(15)18/h5,8-11H,3-4,6-7H2,1-2H3,(H,20,21)/t10?,11-/m0/s1. The number of ether oxygens (including phenoxy) is 1. The molecule has 1 N–H and O–H groups in total. The lowest BCUT2D eigenvalue weighted by atomic mass is 9.90. The summed E-state index contributed by atoms with van der Waals surface area (Å²) in [4.78, 5) is 12.0. The van der Waals surface area contributed by atoms with Crippen LogP contribution in [0, 0.1) is 5.92 Å². The Bertz CT molecular complexity index is 565. The summed E-state index contributed by atoms with van der Waals surface area (Å²) >= 11 is 11.8. The second kappa shape index (κ2) is 7.84. The van der Waals surface area contributed by atoms with Crippen molar-refractivity contribution in [3.05, 3.63) is 28.2 Å². The molecule has 0 aromatic heterocycles. The average molecular weight is 343 g/mol. The molecule has 0 aliphatic heterocycles. The van der Waals surface area contributed by atoms with E-state index in [0.717, 1.165) is 37.3 Å². The van der Waals surface area contributed by atoms with Crippen molar-refractivity contribution in [2.75, 3.05) is 0 Å². The minimum Gasteiger partial charge on any atom is -0.479 e. The molecule has 2 rings (SSSR count). The quantitative estimate of drug-likeness (QED) is 0.822. The first-order valence-corrected chi connectivity index (χ1v) is 8.18. The van der Waals surface area contributed by atoms with Gasteiger partial charge in [0.2, 0.25) is 0 Å². The SMILES string of the molecule is CC1CCC(=NNC(=O)[C@H](C)Oc2ccc(Cl)cc2Cl)CC1. The monoisotopic (exact) mass is 342 g/mol. The highest BCUT2D eigenvalue weighted by Crippen LogP contribution is 2.28. The molecule has 0 radical (unpaired) electrons. The zero-order chi connectivity index (χ0) is 16.1. The highest BCUT2D eigenvalue weighted by atomic mass is 35.5.